The van der Waals surface area contributed by atoms with Gasteiger partial charge in [-0.2, -0.15) is 0 Å². The quantitative estimate of drug-likeness (QED) is 0.275. The molecule has 0 saturated carbocycles. The van der Waals surface area contributed by atoms with Crippen molar-refractivity contribution < 1.29 is 43.2 Å². The number of hydrogen-bond acceptors (Lipinski definition) is 10. The number of Topliss-reactive ketones (excluding diaryl/α,β-unsaturated/α-hetero) is 1. The molecule has 0 unspecified atom stereocenters. The van der Waals surface area contributed by atoms with Crippen LogP contribution >= 0.6 is 12.4 Å². The van der Waals surface area contributed by atoms with Gasteiger partial charge in [0.1, 0.15) is 12.7 Å². The molecule has 2 rings (SSSR count). The van der Waals surface area contributed by atoms with Gasteiger partial charge in [-0.3, -0.25) is 14.4 Å². The zero-order valence-electron chi connectivity index (χ0n) is 27.3. The average Bonchev–Trinajstić information content (AvgIpc) is 2.95. The van der Waals surface area contributed by atoms with Crippen molar-refractivity contribution >= 4 is 36.0 Å². The minimum Gasteiger partial charge on any atom is -0.488 e. The lowest BCUT2D eigenvalue weighted by atomic mass is 9.85. The zero-order chi connectivity index (χ0) is 33.1. The van der Waals surface area contributed by atoms with Crippen molar-refractivity contribution in [3.63, 3.8) is 0 Å². The van der Waals surface area contributed by atoms with Crippen LogP contribution in [0.15, 0.2) is 58.6 Å². The molecule has 0 radical (unpaired) electrons. The van der Waals surface area contributed by atoms with Crippen LogP contribution in [0.25, 0.3) is 0 Å². The maximum absolute atomic E-state index is 13.7. The van der Waals surface area contributed by atoms with Crippen molar-refractivity contribution in [1.82, 2.24) is 10.2 Å². The summed E-state index contributed by atoms with van der Waals surface area (Å²) >= 11 is 0. The molecular formula is C32H48ClN3O9. The number of amides is 2. The third-order valence-electron chi connectivity index (χ3n) is 7.53. The van der Waals surface area contributed by atoms with Crippen LogP contribution in [0.1, 0.15) is 40.5 Å². The van der Waals surface area contributed by atoms with E-state index in [0.29, 0.717) is 18.5 Å². The van der Waals surface area contributed by atoms with Gasteiger partial charge in [-0.1, -0.05) is 38.2 Å². The molecule has 0 fully saturated rings. The summed E-state index contributed by atoms with van der Waals surface area (Å²) in [6, 6.07) is 0. The molecule has 2 aliphatic rings. The van der Waals surface area contributed by atoms with Crippen LogP contribution in [-0.2, 0) is 33.3 Å². The number of fused-ring (bicyclic) bond motifs is 2. The molecular weight excluding hydrogens is 606 g/mol. The number of carbonyl (C=O) groups excluding carboxylic acids is 4. The second-order valence-corrected chi connectivity index (χ2v) is 11.5. The van der Waals surface area contributed by atoms with Crippen LogP contribution in [0.3, 0.4) is 0 Å². The number of ether oxygens (including phenoxy) is 4. The summed E-state index contributed by atoms with van der Waals surface area (Å²) in [5.41, 5.74) is 6.17. The van der Waals surface area contributed by atoms with E-state index in [1.807, 2.05) is 25.9 Å². The summed E-state index contributed by atoms with van der Waals surface area (Å²) in [7, 11) is 6.64. The normalized spacial score (nSPS) is 27.2. The van der Waals surface area contributed by atoms with Crippen molar-refractivity contribution in [1.29, 1.82) is 0 Å². The second-order valence-electron chi connectivity index (χ2n) is 11.5. The number of primary amides is 1. The highest BCUT2D eigenvalue weighted by Gasteiger charge is 2.34. The molecule has 2 bridgehead atoms. The van der Waals surface area contributed by atoms with Gasteiger partial charge >= 0.3 is 6.09 Å². The molecule has 4 N–H and O–H groups in total. The number of ketones is 2. The Morgan fingerprint density at radius 2 is 1.80 bits per heavy atom. The molecule has 1 aliphatic carbocycles. The van der Waals surface area contributed by atoms with E-state index in [2.05, 4.69) is 5.32 Å². The van der Waals surface area contributed by atoms with Crippen LogP contribution in [-0.4, -0.2) is 99.5 Å². The molecule has 0 aromatic heterocycles. The lowest BCUT2D eigenvalue weighted by Gasteiger charge is -2.30. The minimum atomic E-state index is -1.00. The lowest BCUT2D eigenvalue weighted by Crippen LogP contribution is -2.37. The van der Waals surface area contributed by atoms with Crippen molar-refractivity contribution in [2.45, 2.75) is 65.0 Å². The number of nitrogens with two attached hydrogens (primary N) is 1. The van der Waals surface area contributed by atoms with Crippen LogP contribution in [0.2, 0.25) is 0 Å². The van der Waals surface area contributed by atoms with Gasteiger partial charge < -0.3 is 40.0 Å². The van der Waals surface area contributed by atoms with Crippen LogP contribution < -0.4 is 11.1 Å². The molecule has 12 nitrogen and oxygen atoms in total. The number of allylic oxidation sites excluding steroid dienone is 4. The molecule has 252 valence electrons. The van der Waals surface area contributed by atoms with Crippen LogP contribution in [0.4, 0.5) is 4.79 Å². The number of aliphatic hydroxyl groups is 1. The SMILES string of the molecule is CO[C@H]1C=CC=C(C)C(=O)NC2=CC(=O)C(OCCN(C)C)=C(C[C@@H](C)C[C@H](OC)[C@H](O)[C@@H](C)C=C(C)[C@@H]1OC(N)=O)C2=O.Cl. The molecule has 1 aliphatic heterocycles. The number of nitrogens with one attached hydrogen (secondary N) is 1. The Bertz CT molecular complexity index is 1240. The van der Waals surface area contributed by atoms with Gasteiger partial charge in [-0.05, 0) is 52.3 Å². The molecule has 0 aromatic carbocycles. The van der Waals surface area contributed by atoms with E-state index < -0.39 is 53.9 Å². The predicted molar refractivity (Wildman–Crippen MR) is 171 cm³/mol. The first-order valence-electron chi connectivity index (χ1n) is 14.6. The maximum atomic E-state index is 13.7. The molecule has 1 heterocycles. The molecule has 45 heavy (non-hydrogen) atoms. The molecule has 13 heteroatoms. The number of carbonyl (C=O) groups is 4. The fraction of sp³-hybridized carbons (Fsp3) is 0.562. The molecule has 0 aromatic rings. The van der Waals surface area contributed by atoms with Crippen molar-refractivity contribution in [2.24, 2.45) is 17.6 Å². The highest BCUT2D eigenvalue weighted by Crippen LogP contribution is 2.29. The first-order chi connectivity index (χ1) is 20.7. The number of hydrogen-bond donors (Lipinski definition) is 3. The number of aliphatic hydroxyl groups excluding tert-OH is 1. The number of rotatable bonds is 7. The summed E-state index contributed by atoms with van der Waals surface area (Å²) in [6.07, 6.45) is 3.63. The molecule has 0 saturated heterocycles. The summed E-state index contributed by atoms with van der Waals surface area (Å²) < 4.78 is 22.4. The summed E-state index contributed by atoms with van der Waals surface area (Å²) in [4.78, 5) is 53.5. The van der Waals surface area contributed by atoms with E-state index >= 15 is 0 Å². The average molecular weight is 654 g/mol. The van der Waals surface area contributed by atoms with E-state index in [1.165, 1.54) is 20.3 Å². The standard InChI is InChI=1S/C32H47N3O9.ClH/c1-18-14-22-28(38)23(17-24(36)30(22)43-13-12-35(5)6)34-31(39)19(2)10-9-11-25(41-7)29(44-32(33)40)21(4)16-20(3)27(37)26(15-18)42-8;/h9-11,16-18,20,25-27,29,37H,12-15H2,1-8H3,(H2,33,40)(H,34,39);1H/t18-,20+,25+,26+,27-,29+;/m1./s1. The number of likely N-dealkylation sites (N-methyl/N-ethyl adjacent to an activating group) is 1. The fourth-order valence-corrected chi connectivity index (χ4v) is 5.05. The highest BCUT2D eigenvalue weighted by molar-refractivity contribution is 6.23. The first-order valence-corrected chi connectivity index (χ1v) is 14.6. The topological polar surface area (TPSA) is 167 Å². The Balaban J connectivity index is 0.0000101. The lowest BCUT2D eigenvalue weighted by molar-refractivity contribution is -0.121. The van der Waals surface area contributed by atoms with E-state index in [-0.39, 0.29) is 54.0 Å². The van der Waals surface area contributed by atoms with Crippen LogP contribution in [0, 0.1) is 11.8 Å². The van der Waals surface area contributed by atoms with Crippen molar-refractivity contribution in [2.75, 3.05) is 41.5 Å². The number of halogens is 1. The van der Waals surface area contributed by atoms with Gasteiger partial charge in [0.25, 0.3) is 5.91 Å². The van der Waals surface area contributed by atoms with Gasteiger partial charge in [-0.25, -0.2) is 4.79 Å². The predicted octanol–water partition coefficient (Wildman–Crippen LogP) is 2.76. The van der Waals surface area contributed by atoms with Gasteiger partial charge in [0.15, 0.2) is 11.9 Å². The van der Waals surface area contributed by atoms with E-state index in [4.69, 9.17) is 24.7 Å². The van der Waals surface area contributed by atoms with Gasteiger partial charge in [0.05, 0.1) is 17.9 Å². The Kier molecular flexibility index (Phi) is 16.4. The minimum absolute atomic E-state index is 0. The summed E-state index contributed by atoms with van der Waals surface area (Å²) in [5.74, 6) is -2.35. The fourth-order valence-electron chi connectivity index (χ4n) is 5.05. The Morgan fingerprint density at radius 3 is 2.38 bits per heavy atom. The van der Waals surface area contributed by atoms with E-state index in [0.717, 1.165) is 6.08 Å². The smallest absolute Gasteiger partial charge is 0.405 e. The monoisotopic (exact) mass is 653 g/mol. The number of nitrogens with zero attached hydrogens (tertiary/aromatic N) is 1. The molecule has 2 amide bonds. The highest BCUT2D eigenvalue weighted by atomic mass is 35.5. The van der Waals surface area contributed by atoms with Gasteiger partial charge in [0, 0.05) is 43.9 Å². The Hall–Kier alpha value is -3.29. The largest absolute Gasteiger partial charge is 0.488 e. The number of methoxy groups -OCH3 is 2. The second kappa shape index (κ2) is 18.6. The third-order valence-corrected chi connectivity index (χ3v) is 7.53. The maximum Gasteiger partial charge on any atom is 0.405 e. The Morgan fingerprint density at radius 1 is 1.13 bits per heavy atom. The first kappa shape index (κ1) is 39.7. The van der Waals surface area contributed by atoms with E-state index in [1.54, 1.807) is 39.0 Å². The van der Waals surface area contributed by atoms with Crippen molar-refractivity contribution in [3.8, 4) is 0 Å². The van der Waals surface area contributed by atoms with Gasteiger partial charge in [0.2, 0.25) is 11.6 Å². The van der Waals surface area contributed by atoms with Crippen LogP contribution in [0.5, 0.6) is 0 Å². The van der Waals surface area contributed by atoms with Gasteiger partial charge in [-0.15, -0.1) is 12.4 Å². The summed E-state index contributed by atoms with van der Waals surface area (Å²) in [6.45, 7) is 7.68. The van der Waals surface area contributed by atoms with E-state index in [9.17, 15) is 24.3 Å². The Labute approximate surface area is 271 Å². The molecule has 6 atom stereocenters. The van der Waals surface area contributed by atoms with Crippen molar-refractivity contribution in [3.05, 3.63) is 58.6 Å². The summed E-state index contributed by atoms with van der Waals surface area (Å²) in [5, 5.41) is 13.8. The molecule has 0 spiro atoms. The third kappa shape index (κ3) is 11.5. The zero-order valence-corrected chi connectivity index (χ0v) is 28.1.